The van der Waals surface area contributed by atoms with Crippen LogP contribution in [0.3, 0.4) is 0 Å². The molecule has 0 radical (unpaired) electrons. The van der Waals surface area contributed by atoms with Crippen LogP contribution in [0.1, 0.15) is 0 Å². The Morgan fingerprint density at radius 3 is 2.75 bits per heavy atom. The molecule has 1 rings (SSSR count). The van der Waals surface area contributed by atoms with E-state index in [9.17, 15) is 9.59 Å². The molecule has 12 heavy (non-hydrogen) atoms. The van der Waals surface area contributed by atoms with Gasteiger partial charge in [-0.2, -0.15) is 0 Å². The van der Waals surface area contributed by atoms with E-state index in [0.29, 0.717) is 13.1 Å². The average molecular weight is 169 g/mol. The molecule has 66 valence electrons. The third-order valence-corrected chi connectivity index (χ3v) is 1.53. The topological polar surface area (TPSA) is 75.4 Å². The summed E-state index contributed by atoms with van der Waals surface area (Å²) in [5.41, 5.74) is 5.19. The molecule has 0 aliphatic carbocycles. The molecule has 1 aliphatic heterocycles. The number of hydrogen-bond acceptors (Lipinski definition) is 3. The largest absolute Gasteiger partial charge is 0.329 e. The number of imide groups is 1. The van der Waals surface area contributed by atoms with E-state index >= 15 is 0 Å². The van der Waals surface area contributed by atoms with Gasteiger partial charge >= 0.3 is 6.03 Å². The molecule has 0 aromatic heterocycles. The Hall–Kier alpha value is -1.36. The van der Waals surface area contributed by atoms with E-state index in [1.165, 1.54) is 0 Å². The van der Waals surface area contributed by atoms with Crippen molar-refractivity contribution in [3.63, 3.8) is 0 Å². The lowest BCUT2D eigenvalue weighted by Crippen LogP contribution is -2.31. The highest BCUT2D eigenvalue weighted by atomic mass is 16.2. The summed E-state index contributed by atoms with van der Waals surface area (Å²) in [4.78, 5) is 23.0. The quantitative estimate of drug-likeness (QED) is 0.422. The van der Waals surface area contributed by atoms with Crippen molar-refractivity contribution in [1.29, 1.82) is 0 Å². The van der Waals surface area contributed by atoms with Gasteiger partial charge in [0.25, 0.3) is 0 Å². The number of nitrogens with two attached hydrogens (primary N) is 1. The maximum absolute atomic E-state index is 11.0. The summed E-state index contributed by atoms with van der Waals surface area (Å²) >= 11 is 0. The normalized spacial score (nSPS) is 17.6. The number of carbonyl (C=O) groups is 2. The van der Waals surface area contributed by atoms with Crippen LogP contribution >= 0.6 is 0 Å². The van der Waals surface area contributed by atoms with Crippen molar-refractivity contribution in [2.45, 2.75) is 0 Å². The Balaban J connectivity index is 2.45. The number of rotatable bonds is 3. The summed E-state index contributed by atoms with van der Waals surface area (Å²) in [6.07, 6.45) is 3.40. The monoisotopic (exact) mass is 169 g/mol. The number of hydrogen-bond donors (Lipinski definition) is 2. The first kappa shape index (κ1) is 8.73. The Bertz CT molecular complexity index is 209. The maximum Gasteiger partial charge on any atom is 0.324 e. The second kappa shape index (κ2) is 3.87. The van der Waals surface area contributed by atoms with Crippen molar-refractivity contribution in [2.75, 3.05) is 19.6 Å². The van der Waals surface area contributed by atoms with Crippen molar-refractivity contribution >= 4 is 11.9 Å². The first-order chi connectivity index (χ1) is 5.75. The van der Waals surface area contributed by atoms with Crippen LogP contribution in [0.2, 0.25) is 0 Å². The van der Waals surface area contributed by atoms with Gasteiger partial charge in [0, 0.05) is 13.1 Å². The minimum Gasteiger partial charge on any atom is -0.329 e. The van der Waals surface area contributed by atoms with E-state index in [4.69, 9.17) is 5.73 Å². The predicted molar refractivity (Wildman–Crippen MR) is 43.3 cm³/mol. The van der Waals surface area contributed by atoms with Gasteiger partial charge in [0.15, 0.2) is 0 Å². The second-order valence-corrected chi connectivity index (χ2v) is 2.37. The van der Waals surface area contributed by atoms with Gasteiger partial charge in [-0.15, -0.1) is 0 Å². The Kier molecular flexibility index (Phi) is 2.82. The molecule has 5 heteroatoms. The van der Waals surface area contributed by atoms with Crippen molar-refractivity contribution in [2.24, 2.45) is 5.73 Å². The molecule has 0 atom stereocenters. The standard InChI is InChI=1S/C7H11N3O2/c8-3-1-2-4-10-6(11)5-9-7(10)12/h1-2H,3-5,8H2,(H,9,12)/b2-1+. The van der Waals surface area contributed by atoms with Crippen LogP contribution in [0.5, 0.6) is 0 Å². The Labute approximate surface area is 70.2 Å². The third kappa shape index (κ3) is 1.82. The average Bonchev–Trinajstić information content (AvgIpc) is 2.35. The molecular formula is C7H11N3O2. The summed E-state index contributed by atoms with van der Waals surface area (Å²) in [5, 5.41) is 2.42. The summed E-state index contributed by atoms with van der Waals surface area (Å²) in [6, 6.07) is -0.332. The van der Waals surface area contributed by atoms with Crippen LogP contribution in [-0.2, 0) is 4.79 Å². The minimum absolute atomic E-state index is 0.106. The molecule has 0 spiro atoms. The molecule has 0 unspecified atom stereocenters. The second-order valence-electron chi connectivity index (χ2n) is 2.37. The summed E-state index contributed by atoms with van der Waals surface area (Å²) in [5.74, 6) is -0.193. The molecule has 3 N–H and O–H groups in total. The third-order valence-electron chi connectivity index (χ3n) is 1.53. The number of urea groups is 1. The molecule has 1 aliphatic rings. The molecule has 1 heterocycles. The highest BCUT2D eigenvalue weighted by Crippen LogP contribution is 1.97. The highest BCUT2D eigenvalue weighted by molar-refractivity contribution is 6.02. The molecule has 0 aromatic rings. The van der Waals surface area contributed by atoms with E-state index in [2.05, 4.69) is 5.32 Å². The first-order valence-electron chi connectivity index (χ1n) is 3.69. The molecule has 3 amide bonds. The maximum atomic E-state index is 11.0. The van der Waals surface area contributed by atoms with E-state index in [-0.39, 0.29) is 18.5 Å². The fourth-order valence-corrected chi connectivity index (χ4v) is 0.916. The van der Waals surface area contributed by atoms with Crippen molar-refractivity contribution in [3.8, 4) is 0 Å². The number of nitrogens with zero attached hydrogens (tertiary/aromatic N) is 1. The molecule has 0 aromatic carbocycles. The van der Waals surface area contributed by atoms with Crippen molar-refractivity contribution < 1.29 is 9.59 Å². The van der Waals surface area contributed by atoms with Gasteiger partial charge in [0.2, 0.25) is 5.91 Å². The summed E-state index contributed by atoms with van der Waals surface area (Å²) in [7, 11) is 0. The van der Waals surface area contributed by atoms with Crippen molar-refractivity contribution in [3.05, 3.63) is 12.2 Å². The predicted octanol–water partition coefficient (Wildman–Crippen LogP) is -0.947. The summed E-state index contributed by atoms with van der Waals surface area (Å²) < 4.78 is 0. The molecule has 5 nitrogen and oxygen atoms in total. The van der Waals surface area contributed by atoms with Crippen LogP contribution in [-0.4, -0.2) is 36.5 Å². The zero-order valence-electron chi connectivity index (χ0n) is 6.62. The van der Waals surface area contributed by atoms with Crippen LogP contribution in [0.25, 0.3) is 0 Å². The van der Waals surface area contributed by atoms with Gasteiger partial charge in [-0.3, -0.25) is 9.69 Å². The van der Waals surface area contributed by atoms with Crippen molar-refractivity contribution in [1.82, 2.24) is 10.2 Å². The molecular weight excluding hydrogens is 158 g/mol. The highest BCUT2D eigenvalue weighted by Gasteiger charge is 2.26. The van der Waals surface area contributed by atoms with Gasteiger partial charge in [-0.1, -0.05) is 12.2 Å². The van der Waals surface area contributed by atoms with Crippen LogP contribution in [0.4, 0.5) is 4.79 Å². The lowest BCUT2D eigenvalue weighted by Gasteiger charge is -2.07. The number of nitrogens with one attached hydrogen (secondary N) is 1. The van der Waals surface area contributed by atoms with E-state index in [1.807, 2.05) is 0 Å². The lowest BCUT2D eigenvalue weighted by molar-refractivity contribution is -0.124. The van der Waals surface area contributed by atoms with Gasteiger partial charge in [0.1, 0.15) is 0 Å². The van der Waals surface area contributed by atoms with Gasteiger partial charge in [-0.05, 0) is 0 Å². The molecule has 0 bridgehead atoms. The van der Waals surface area contributed by atoms with Gasteiger partial charge < -0.3 is 11.1 Å². The van der Waals surface area contributed by atoms with E-state index < -0.39 is 0 Å². The fraction of sp³-hybridized carbons (Fsp3) is 0.429. The number of carbonyl (C=O) groups excluding carboxylic acids is 2. The smallest absolute Gasteiger partial charge is 0.324 e. The van der Waals surface area contributed by atoms with Crippen LogP contribution in [0.15, 0.2) is 12.2 Å². The Morgan fingerprint density at radius 2 is 2.25 bits per heavy atom. The van der Waals surface area contributed by atoms with Gasteiger partial charge in [-0.25, -0.2) is 4.79 Å². The SMILES string of the molecule is NC/C=C/CN1C(=O)CNC1=O. The zero-order valence-corrected chi connectivity index (χ0v) is 6.62. The first-order valence-corrected chi connectivity index (χ1v) is 3.69. The van der Waals surface area contributed by atoms with Crippen LogP contribution < -0.4 is 11.1 Å². The molecule has 0 saturated carbocycles. The molecule has 1 fully saturated rings. The molecule has 1 saturated heterocycles. The zero-order chi connectivity index (χ0) is 8.97. The van der Waals surface area contributed by atoms with Gasteiger partial charge in [0.05, 0.1) is 6.54 Å². The fourth-order valence-electron chi connectivity index (χ4n) is 0.916. The minimum atomic E-state index is -0.332. The Morgan fingerprint density at radius 1 is 1.50 bits per heavy atom. The lowest BCUT2D eigenvalue weighted by atomic mass is 10.4. The van der Waals surface area contributed by atoms with E-state index in [1.54, 1.807) is 12.2 Å². The summed E-state index contributed by atoms with van der Waals surface area (Å²) in [6.45, 7) is 0.834. The number of amides is 3. The van der Waals surface area contributed by atoms with E-state index in [0.717, 1.165) is 4.90 Å². The van der Waals surface area contributed by atoms with Crippen LogP contribution in [0, 0.1) is 0 Å².